The summed E-state index contributed by atoms with van der Waals surface area (Å²) in [6.07, 6.45) is 3.65. The first-order valence-corrected chi connectivity index (χ1v) is 7.10. The van der Waals surface area contributed by atoms with Crippen molar-refractivity contribution in [1.82, 2.24) is 15.3 Å². The van der Waals surface area contributed by atoms with Gasteiger partial charge in [0, 0.05) is 28.7 Å². The molecule has 0 saturated carbocycles. The van der Waals surface area contributed by atoms with E-state index in [4.69, 9.17) is 0 Å². The molecule has 4 heteroatoms. The summed E-state index contributed by atoms with van der Waals surface area (Å²) >= 11 is 1.89. The van der Waals surface area contributed by atoms with Crippen LogP contribution in [0.4, 0.5) is 0 Å². The topological polar surface area (TPSA) is 40.7 Å². The molecule has 1 unspecified atom stereocenters. The van der Waals surface area contributed by atoms with Crippen LogP contribution in [-0.4, -0.2) is 9.97 Å². The monoisotopic (exact) mass is 263 g/mol. The molecule has 2 heterocycles. The van der Waals surface area contributed by atoms with Gasteiger partial charge in [0.1, 0.15) is 5.82 Å². The van der Waals surface area contributed by atoms with E-state index < -0.39 is 0 Å². The lowest BCUT2D eigenvalue weighted by molar-refractivity contribution is 0.554. The molecule has 0 radical (unpaired) electrons. The number of nitrogens with zero attached hydrogens (tertiary/aromatic N) is 1. The summed E-state index contributed by atoms with van der Waals surface area (Å²) in [5.41, 5.74) is 0.246. The van der Waals surface area contributed by atoms with E-state index >= 15 is 0 Å². The van der Waals surface area contributed by atoms with Crippen LogP contribution in [-0.2, 0) is 12.0 Å². The zero-order valence-electron chi connectivity index (χ0n) is 11.4. The van der Waals surface area contributed by atoms with Crippen molar-refractivity contribution in [3.8, 4) is 0 Å². The van der Waals surface area contributed by atoms with Crippen LogP contribution in [0.3, 0.4) is 0 Å². The van der Waals surface area contributed by atoms with Gasteiger partial charge in [0.05, 0.1) is 6.04 Å². The highest BCUT2D eigenvalue weighted by molar-refractivity contribution is 7.12. The number of hydrogen-bond acceptors (Lipinski definition) is 3. The maximum atomic E-state index is 4.26. The van der Waals surface area contributed by atoms with Crippen LogP contribution < -0.4 is 5.32 Å². The van der Waals surface area contributed by atoms with E-state index in [1.165, 1.54) is 9.75 Å². The predicted molar refractivity (Wildman–Crippen MR) is 76.9 cm³/mol. The average Bonchev–Trinajstić information content (AvgIpc) is 2.96. The molecule has 0 aliphatic heterocycles. The van der Waals surface area contributed by atoms with Crippen LogP contribution in [0.5, 0.6) is 0 Å². The molecule has 0 saturated heterocycles. The van der Waals surface area contributed by atoms with Gasteiger partial charge in [-0.05, 0) is 24.5 Å². The van der Waals surface area contributed by atoms with Crippen LogP contribution in [0.15, 0.2) is 24.5 Å². The molecule has 1 atom stereocenters. The van der Waals surface area contributed by atoms with Gasteiger partial charge in [-0.15, -0.1) is 11.3 Å². The minimum Gasteiger partial charge on any atom is -0.347 e. The number of hydrogen-bond donors (Lipinski definition) is 2. The van der Waals surface area contributed by atoms with E-state index in [1.807, 2.05) is 17.5 Å². The van der Waals surface area contributed by atoms with Crippen LogP contribution in [0.25, 0.3) is 0 Å². The zero-order valence-corrected chi connectivity index (χ0v) is 12.3. The van der Waals surface area contributed by atoms with E-state index in [1.54, 1.807) is 6.20 Å². The second kappa shape index (κ2) is 5.24. The van der Waals surface area contributed by atoms with E-state index in [0.29, 0.717) is 0 Å². The normalized spacial score (nSPS) is 13.8. The Labute approximate surface area is 113 Å². The number of nitrogens with one attached hydrogen (secondary N) is 2. The third-order valence-electron chi connectivity index (χ3n) is 2.91. The lowest BCUT2D eigenvalue weighted by Crippen LogP contribution is -2.18. The largest absolute Gasteiger partial charge is 0.347 e. The van der Waals surface area contributed by atoms with E-state index in [2.05, 4.69) is 55.1 Å². The molecule has 2 rings (SSSR count). The Morgan fingerprint density at radius 3 is 2.72 bits per heavy atom. The molecule has 2 aromatic heterocycles. The molecule has 0 bridgehead atoms. The molecule has 0 spiro atoms. The van der Waals surface area contributed by atoms with Gasteiger partial charge in [0.25, 0.3) is 0 Å². The van der Waals surface area contributed by atoms with Crippen molar-refractivity contribution in [2.45, 2.75) is 45.7 Å². The maximum Gasteiger partial charge on any atom is 0.122 e. The van der Waals surface area contributed by atoms with Gasteiger partial charge in [-0.1, -0.05) is 20.8 Å². The van der Waals surface area contributed by atoms with Crippen molar-refractivity contribution < 1.29 is 0 Å². The highest BCUT2D eigenvalue weighted by Crippen LogP contribution is 2.29. The highest BCUT2D eigenvalue weighted by Gasteiger charge is 2.16. The quantitative estimate of drug-likeness (QED) is 0.884. The summed E-state index contributed by atoms with van der Waals surface area (Å²) in [5, 5.41) is 3.48. The first kappa shape index (κ1) is 13.3. The van der Waals surface area contributed by atoms with E-state index in [0.717, 1.165) is 12.4 Å². The fourth-order valence-electron chi connectivity index (χ4n) is 1.74. The van der Waals surface area contributed by atoms with Gasteiger partial charge in [-0.2, -0.15) is 0 Å². The summed E-state index contributed by atoms with van der Waals surface area (Å²) < 4.78 is 0. The Hall–Kier alpha value is -1.13. The summed E-state index contributed by atoms with van der Waals surface area (Å²) in [6.45, 7) is 9.77. The Kier molecular flexibility index (Phi) is 3.88. The SMILES string of the molecule is CC(NCc1ccc(C(C)(C)C)s1)c1ncc[nH]1. The van der Waals surface area contributed by atoms with Gasteiger partial charge < -0.3 is 10.3 Å². The number of imidazole rings is 1. The average molecular weight is 263 g/mol. The highest BCUT2D eigenvalue weighted by atomic mass is 32.1. The molecule has 18 heavy (non-hydrogen) atoms. The second-order valence-electron chi connectivity index (χ2n) is 5.59. The molecule has 0 fully saturated rings. The Morgan fingerprint density at radius 1 is 1.39 bits per heavy atom. The third kappa shape index (κ3) is 3.21. The summed E-state index contributed by atoms with van der Waals surface area (Å²) in [5.74, 6) is 0.989. The van der Waals surface area contributed by atoms with Crippen LogP contribution >= 0.6 is 11.3 Å². The molecule has 98 valence electrons. The van der Waals surface area contributed by atoms with Crippen molar-refractivity contribution >= 4 is 11.3 Å². The summed E-state index contributed by atoms with van der Waals surface area (Å²) in [4.78, 5) is 10.2. The molecule has 0 aliphatic rings. The number of aromatic amines is 1. The molecule has 0 aromatic carbocycles. The molecule has 0 aliphatic carbocycles. The number of H-pyrrole nitrogens is 1. The number of rotatable bonds is 4. The van der Waals surface area contributed by atoms with Gasteiger partial charge in [-0.25, -0.2) is 4.98 Å². The first-order chi connectivity index (χ1) is 8.47. The zero-order chi connectivity index (χ0) is 13.2. The number of thiophene rings is 1. The summed E-state index contributed by atoms with van der Waals surface area (Å²) in [6, 6.07) is 4.70. The van der Waals surface area contributed by atoms with Crippen molar-refractivity contribution in [2.75, 3.05) is 0 Å². The minimum absolute atomic E-state index is 0.246. The Morgan fingerprint density at radius 2 is 2.17 bits per heavy atom. The van der Waals surface area contributed by atoms with Crippen molar-refractivity contribution in [2.24, 2.45) is 0 Å². The van der Waals surface area contributed by atoms with Gasteiger partial charge >= 0.3 is 0 Å². The van der Waals surface area contributed by atoms with Crippen molar-refractivity contribution in [1.29, 1.82) is 0 Å². The Balaban J connectivity index is 1.93. The van der Waals surface area contributed by atoms with Crippen LogP contribution in [0, 0.1) is 0 Å². The van der Waals surface area contributed by atoms with Gasteiger partial charge in [0.15, 0.2) is 0 Å². The van der Waals surface area contributed by atoms with E-state index in [-0.39, 0.29) is 11.5 Å². The maximum absolute atomic E-state index is 4.26. The Bertz CT molecular complexity index is 479. The molecule has 0 amide bonds. The fraction of sp³-hybridized carbons (Fsp3) is 0.500. The van der Waals surface area contributed by atoms with Crippen molar-refractivity contribution in [3.05, 3.63) is 40.1 Å². The molecule has 3 nitrogen and oxygen atoms in total. The summed E-state index contributed by atoms with van der Waals surface area (Å²) in [7, 11) is 0. The lowest BCUT2D eigenvalue weighted by Gasteiger charge is -2.15. The standard InChI is InChI=1S/C14H21N3S/c1-10(13-15-7-8-16-13)17-9-11-5-6-12(18-11)14(2,3)4/h5-8,10,17H,9H2,1-4H3,(H,15,16). The predicted octanol–water partition coefficient (Wildman–Crippen LogP) is 3.62. The lowest BCUT2D eigenvalue weighted by atomic mass is 9.95. The molecular formula is C14H21N3S. The molecular weight excluding hydrogens is 242 g/mol. The van der Waals surface area contributed by atoms with E-state index in [9.17, 15) is 0 Å². The van der Waals surface area contributed by atoms with Gasteiger partial charge in [0.2, 0.25) is 0 Å². The van der Waals surface area contributed by atoms with Gasteiger partial charge in [-0.3, -0.25) is 0 Å². The molecule has 2 N–H and O–H groups in total. The number of aromatic nitrogens is 2. The smallest absolute Gasteiger partial charge is 0.122 e. The second-order valence-corrected chi connectivity index (χ2v) is 6.76. The minimum atomic E-state index is 0.246. The fourth-order valence-corrected chi connectivity index (χ4v) is 2.76. The first-order valence-electron chi connectivity index (χ1n) is 6.28. The van der Waals surface area contributed by atoms with Crippen LogP contribution in [0.1, 0.15) is 49.3 Å². The third-order valence-corrected chi connectivity index (χ3v) is 4.42. The van der Waals surface area contributed by atoms with Crippen LogP contribution in [0.2, 0.25) is 0 Å². The van der Waals surface area contributed by atoms with Crippen molar-refractivity contribution in [3.63, 3.8) is 0 Å². The molecule has 2 aromatic rings.